The molecular weight excluding hydrogens is 392 g/mol. The number of hydrogen-bond acceptors (Lipinski definition) is 5. The topological polar surface area (TPSA) is 51.2 Å². The van der Waals surface area contributed by atoms with Crippen LogP contribution in [0.2, 0.25) is 0 Å². The van der Waals surface area contributed by atoms with Gasteiger partial charge in [-0.05, 0) is 62.7 Å². The summed E-state index contributed by atoms with van der Waals surface area (Å²) in [6.07, 6.45) is 5.05. The van der Waals surface area contributed by atoms with E-state index < -0.39 is 0 Å². The Morgan fingerprint density at radius 2 is 1.58 bits per heavy atom. The molecule has 1 saturated heterocycles. The third kappa shape index (κ3) is 5.79. The van der Waals surface area contributed by atoms with Gasteiger partial charge in [0.25, 0.3) is 0 Å². The Morgan fingerprint density at radius 1 is 0.968 bits per heavy atom. The first-order valence-electron chi connectivity index (χ1n) is 10.6. The van der Waals surface area contributed by atoms with Crippen molar-refractivity contribution in [3.63, 3.8) is 0 Å². The number of carbonyl (C=O) groups excluding carboxylic acids is 1. The SMILES string of the molecule is CN(C(=O)OC1=CC2C(CC1)CCN2C)c1ccccc1.COc1ccccc1OC. The zero-order valence-electron chi connectivity index (χ0n) is 18.8. The molecule has 31 heavy (non-hydrogen) atoms. The summed E-state index contributed by atoms with van der Waals surface area (Å²) in [5.41, 5.74) is 0.842. The molecule has 0 radical (unpaired) electrons. The average Bonchev–Trinajstić information content (AvgIpc) is 3.19. The number of likely N-dealkylation sites (tertiary alicyclic amines) is 1. The highest BCUT2D eigenvalue weighted by Crippen LogP contribution is 2.34. The number of amides is 1. The summed E-state index contributed by atoms with van der Waals surface area (Å²) in [7, 11) is 7.13. The van der Waals surface area contributed by atoms with E-state index >= 15 is 0 Å². The standard InChI is InChI=1S/C17H22N2O2.C8H10O2/c1-18-11-10-13-8-9-15(12-16(13)18)21-17(20)19(2)14-6-4-3-5-7-14;1-9-7-5-3-4-6-8(7)10-2/h3-7,12-13,16H,8-11H2,1-2H3;3-6H,1-2H3. The van der Waals surface area contributed by atoms with Crippen LogP contribution < -0.4 is 14.4 Å². The van der Waals surface area contributed by atoms with Gasteiger partial charge in [0.05, 0.1) is 14.2 Å². The first-order valence-corrected chi connectivity index (χ1v) is 10.6. The highest BCUT2D eigenvalue weighted by molar-refractivity contribution is 5.87. The van der Waals surface area contributed by atoms with Crippen LogP contribution in [-0.2, 0) is 4.74 Å². The number of fused-ring (bicyclic) bond motifs is 1. The Balaban J connectivity index is 0.000000229. The molecular formula is C25H32N2O4. The van der Waals surface area contributed by atoms with Crippen LogP contribution in [0.3, 0.4) is 0 Å². The Kier molecular flexibility index (Phi) is 7.95. The predicted molar refractivity (Wildman–Crippen MR) is 123 cm³/mol. The van der Waals surface area contributed by atoms with Crippen molar-refractivity contribution in [3.8, 4) is 11.5 Å². The van der Waals surface area contributed by atoms with Crippen molar-refractivity contribution < 1.29 is 19.0 Å². The first kappa shape index (κ1) is 22.7. The van der Waals surface area contributed by atoms with Crippen LogP contribution in [0.25, 0.3) is 0 Å². The Hall–Kier alpha value is -2.99. The van der Waals surface area contributed by atoms with Crippen molar-refractivity contribution in [3.05, 3.63) is 66.4 Å². The molecule has 0 spiro atoms. The molecule has 6 heteroatoms. The van der Waals surface area contributed by atoms with Gasteiger partial charge in [-0.1, -0.05) is 30.3 Å². The number of likely N-dealkylation sites (N-methyl/N-ethyl adjacent to an activating group) is 1. The zero-order chi connectivity index (χ0) is 22.2. The number of benzene rings is 2. The van der Waals surface area contributed by atoms with E-state index in [1.807, 2.05) is 54.6 Å². The number of rotatable bonds is 4. The number of allylic oxidation sites excluding steroid dienone is 1. The number of methoxy groups -OCH3 is 2. The molecule has 0 saturated carbocycles. The van der Waals surface area contributed by atoms with E-state index in [2.05, 4.69) is 18.0 Å². The summed E-state index contributed by atoms with van der Waals surface area (Å²) in [4.78, 5) is 16.1. The lowest BCUT2D eigenvalue weighted by Crippen LogP contribution is -2.32. The number of hydrogen-bond donors (Lipinski definition) is 0. The maximum atomic E-state index is 12.2. The van der Waals surface area contributed by atoms with E-state index in [0.29, 0.717) is 6.04 Å². The van der Waals surface area contributed by atoms with E-state index in [1.165, 1.54) is 6.42 Å². The molecule has 2 aromatic carbocycles. The molecule has 0 bridgehead atoms. The highest BCUT2D eigenvalue weighted by Gasteiger charge is 2.34. The molecule has 1 amide bonds. The van der Waals surface area contributed by atoms with Crippen LogP contribution in [0, 0.1) is 5.92 Å². The Morgan fingerprint density at radius 3 is 2.19 bits per heavy atom. The van der Waals surface area contributed by atoms with Gasteiger partial charge in [-0.25, -0.2) is 4.79 Å². The van der Waals surface area contributed by atoms with Crippen LogP contribution in [0.1, 0.15) is 19.3 Å². The molecule has 0 aromatic heterocycles. The van der Waals surface area contributed by atoms with Crippen molar-refractivity contribution in [2.45, 2.75) is 25.3 Å². The maximum absolute atomic E-state index is 12.2. The second-order valence-corrected chi connectivity index (χ2v) is 7.81. The lowest BCUT2D eigenvalue weighted by molar-refractivity contribution is 0.173. The van der Waals surface area contributed by atoms with Crippen LogP contribution >= 0.6 is 0 Å². The van der Waals surface area contributed by atoms with E-state index in [0.717, 1.165) is 48.2 Å². The third-order valence-electron chi connectivity index (χ3n) is 5.89. The molecule has 166 valence electrons. The molecule has 2 aromatic rings. The van der Waals surface area contributed by atoms with E-state index in [1.54, 1.807) is 26.2 Å². The van der Waals surface area contributed by atoms with Crippen molar-refractivity contribution in [2.75, 3.05) is 39.8 Å². The molecule has 1 aliphatic heterocycles. The number of para-hydroxylation sites is 3. The molecule has 4 rings (SSSR count). The lowest BCUT2D eigenvalue weighted by atomic mass is 9.89. The van der Waals surface area contributed by atoms with Crippen molar-refractivity contribution in [2.24, 2.45) is 5.92 Å². The summed E-state index contributed by atoms with van der Waals surface area (Å²) < 4.78 is 15.6. The summed E-state index contributed by atoms with van der Waals surface area (Å²) in [6.45, 7) is 1.14. The summed E-state index contributed by atoms with van der Waals surface area (Å²) >= 11 is 0. The molecule has 2 aliphatic rings. The highest BCUT2D eigenvalue weighted by atomic mass is 16.6. The van der Waals surface area contributed by atoms with E-state index in [4.69, 9.17) is 14.2 Å². The van der Waals surface area contributed by atoms with Crippen LogP contribution in [-0.4, -0.2) is 51.9 Å². The summed E-state index contributed by atoms with van der Waals surface area (Å²) in [5.74, 6) is 3.08. The summed E-state index contributed by atoms with van der Waals surface area (Å²) in [5, 5.41) is 0. The quantitative estimate of drug-likeness (QED) is 0.694. The number of nitrogens with zero attached hydrogens (tertiary/aromatic N) is 2. The predicted octanol–water partition coefficient (Wildman–Crippen LogP) is 4.96. The van der Waals surface area contributed by atoms with Crippen LogP contribution in [0.15, 0.2) is 66.4 Å². The smallest absolute Gasteiger partial charge is 0.419 e. The molecule has 1 aliphatic carbocycles. The zero-order valence-corrected chi connectivity index (χ0v) is 18.8. The number of anilines is 1. The van der Waals surface area contributed by atoms with Crippen molar-refractivity contribution in [1.82, 2.24) is 4.90 Å². The minimum absolute atomic E-state index is 0.313. The summed E-state index contributed by atoms with van der Waals surface area (Å²) in [6, 6.07) is 17.5. The molecule has 1 fully saturated rings. The van der Waals surface area contributed by atoms with Gasteiger partial charge in [-0.3, -0.25) is 9.80 Å². The van der Waals surface area contributed by atoms with Gasteiger partial charge in [0.15, 0.2) is 11.5 Å². The second kappa shape index (κ2) is 10.9. The third-order valence-corrected chi connectivity index (χ3v) is 5.89. The van der Waals surface area contributed by atoms with Crippen LogP contribution in [0.5, 0.6) is 11.5 Å². The van der Waals surface area contributed by atoms with Crippen LogP contribution in [0.4, 0.5) is 10.5 Å². The fraction of sp³-hybridized carbons (Fsp3) is 0.400. The maximum Gasteiger partial charge on any atom is 0.419 e. The number of ether oxygens (including phenoxy) is 3. The Bertz CT molecular complexity index is 861. The van der Waals surface area contributed by atoms with Gasteiger partial charge >= 0.3 is 6.09 Å². The van der Waals surface area contributed by atoms with Gasteiger partial charge < -0.3 is 14.2 Å². The molecule has 0 N–H and O–H groups in total. The van der Waals surface area contributed by atoms with Gasteiger partial charge in [0, 0.05) is 25.2 Å². The minimum atomic E-state index is -0.313. The van der Waals surface area contributed by atoms with Gasteiger partial charge in [-0.15, -0.1) is 0 Å². The lowest BCUT2D eigenvalue weighted by Gasteiger charge is -2.28. The van der Waals surface area contributed by atoms with Crippen molar-refractivity contribution in [1.29, 1.82) is 0 Å². The number of carbonyl (C=O) groups is 1. The monoisotopic (exact) mass is 424 g/mol. The fourth-order valence-corrected chi connectivity index (χ4v) is 4.04. The van der Waals surface area contributed by atoms with Gasteiger partial charge in [0.2, 0.25) is 0 Å². The van der Waals surface area contributed by atoms with E-state index in [9.17, 15) is 4.79 Å². The van der Waals surface area contributed by atoms with Crippen molar-refractivity contribution >= 4 is 11.8 Å². The minimum Gasteiger partial charge on any atom is -0.493 e. The normalized spacial score (nSPS) is 19.9. The molecule has 1 heterocycles. The molecule has 2 unspecified atom stereocenters. The second-order valence-electron chi connectivity index (χ2n) is 7.81. The average molecular weight is 425 g/mol. The Labute approximate surface area is 185 Å². The first-order chi connectivity index (χ1) is 15.0. The van der Waals surface area contributed by atoms with Gasteiger partial charge in [-0.2, -0.15) is 0 Å². The molecule has 6 nitrogen and oxygen atoms in total. The van der Waals surface area contributed by atoms with E-state index in [-0.39, 0.29) is 6.09 Å². The molecule has 2 atom stereocenters. The fourth-order valence-electron chi connectivity index (χ4n) is 4.04. The largest absolute Gasteiger partial charge is 0.493 e. The van der Waals surface area contributed by atoms with Gasteiger partial charge in [0.1, 0.15) is 5.76 Å².